The van der Waals surface area contributed by atoms with E-state index in [9.17, 15) is 4.39 Å². The van der Waals surface area contributed by atoms with Gasteiger partial charge in [0.05, 0.1) is 11.6 Å². The number of tetrazole rings is 1. The quantitative estimate of drug-likeness (QED) is 0.700. The van der Waals surface area contributed by atoms with Crippen LogP contribution in [0.1, 0.15) is 44.6 Å². The first-order valence-electron chi connectivity index (χ1n) is 9.58. The predicted molar refractivity (Wildman–Crippen MR) is 104 cm³/mol. The number of piperazine rings is 1. The molecule has 1 aromatic heterocycles. The molecule has 0 radical (unpaired) electrons. The predicted octanol–water partition coefficient (Wildman–Crippen LogP) is 2.85. The van der Waals surface area contributed by atoms with Crippen molar-refractivity contribution in [3.8, 4) is 0 Å². The number of aromatic nitrogens is 4. The third-order valence-corrected chi connectivity index (χ3v) is 5.52. The highest BCUT2D eigenvalue weighted by Crippen LogP contribution is 2.31. The highest BCUT2D eigenvalue weighted by atomic mass is 19.1. The zero-order chi connectivity index (χ0) is 19.4. The Morgan fingerprint density at radius 2 is 1.85 bits per heavy atom. The fraction of sp³-hybridized carbons (Fsp3) is 0.550. The molecule has 2 heterocycles. The van der Waals surface area contributed by atoms with Gasteiger partial charge in [0.2, 0.25) is 0 Å². The minimum absolute atomic E-state index is 0.0997. The van der Waals surface area contributed by atoms with Crippen LogP contribution in [0.25, 0.3) is 0 Å². The number of benzene rings is 1. The lowest BCUT2D eigenvalue weighted by Crippen LogP contribution is -2.48. The Hall–Kier alpha value is -2.12. The van der Waals surface area contributed by atoms with Crippen LogP contribution in [0, 0.1) is 5.82 Å². The van der Waals surface area contributed by atoms with Gasteiger partial charge in [0, 0.05) is 32.7 Å². The lowest BCUT2D eigenvalue weighted by molar-refractivity contribution is 0.109. The maximum absolute atomic E-state index is 13.5. The summed E-state index contributed by atoms with van der Waals surface area (Å²) < 4.78 is 15.4. The number of hydrogen-bond acceptors (Lipinski definition) is 5. The molecule has 0 saturated carbocycles. The van der Waals surface area contributed by atoms with Crippen LogP contribution in [-0.2, 0) is 5.54 Å². The lowest BCUT2D eigenvalue weighted by Gasteiger charge is -2.39. The molecule has 1 saturated heterocycles. The van der Waals surface area contributed by atoms with Gasteiger partial charge in [0.1, 0.15) is 5.82 Å². The molecule has 2 aromatic rings. The number of hydrogen-bond donors (Lipinski definition) is 0. The maximum Gasteiger partial charge on any atom is 0.173 e. The van der Waals surface area contributed by atoms with Crippen molar-refractivity contribution in [3.05, 3.63) is 54.1 Å². The average molecular weight is 372 g/mol. The van der Waals surface area contributed by atoms with E-state index in [1.54, 1.807) is 0 Å². The third kappa shape index (κ3) is 4.25. The standard InChI is InChI=1S/C20H29FN6/c1-5-11-25-12-14-26(15-13-25)18(16-7-9-17(21)10-8-16)19-22-23-24-27(19)20(3,4)6-2/h5,7-10,18H,1,6,11-15H2,2-4H3/t18-/m1/s1. The summed E-state index contributed by atoms with van der Waals surface area (Å²) in [5.74, 6) is 0.576. The van der Waals surface area contributed by atoms with Crippen LogP contribution in [0.5, 0.6) is 0 Å². The van der Waals surface area contributed by atoms with Gasteiger partial charge in [-0.05, 0) is 48.4 Å². The minimum atomic E-state index is -0.234. The molecular weight excluding hydrogens is 343 g/mol. The van der Waals surface area contributed by atoms with Crippen LogP contribution < -0.4 is 0 Å². The first-order valence-corrected chi connectivity index (χ1v) is 9.58. The topological polar surface area (TPSA) is 50.1 Å². The van der Waals surface area contributed by atoms with Crippen molar-refractivity contribution in [2.24, 2.45) is 0 Å². The van der Waals surface area contributed by atoms with E-state index >= 15 is 0 Å². The van der Waals surface area contributed by atoms with Gasteiger partial charge in [-0.2, -0.15) is 0 Å². The van der Waals surface area contributed by atoms with E-state index < -0.39 is 0 Å². The summed E-state index contributed by atoms with van der Waals surface area (Å²) in [5, 5.41) is 12.7. The average Bonchev–Trinajstić information content (AvgIpc) is 3.15. The summed E-state index contributed by atoms with van der Waals surface area (Å²) in [7, 11) is 0. The van der Waals surface area contributed by atoms with Crippen LogP contribution in [0.2, 0.25) is 0 Å². The molecular formula is C20H29FN6. The highest BCUT2D eigenvalue weighted by Gasteiger charge is 2.33. The summed E-state index contributed by atoms with van der Waals surface area (Å²) in [6.07, 6.45) is 2.85. The molecule has 0 N–H and O–H groups in total. The second-order valence-corrected chi connectivity index (χ2v) is 7.69. The molecule has 1 aliphatic heterocycles. The van der Waals surface area contributed by atoms with Crippen LogP contribution in [0.3, 0.4) is 0 Å². The van der Waals surface area contributed by atoms with Gasteiger partial charge in [0.15, 0.2) is 5.82 Å². The van der Waals surface area contributed by atoms with Crippen LogP contribution in [0.15, 0.2) is 36.9 Å². The van der Waals surface area contributed by atoms with E-state index in [1.165, 1.54) is 12.1 Å². The third-order valence-electron chi connectivity index (χ3n) is 5.52. The SMILES string of the molecule is C=CCN1CCN([C@H](c2ccc(F)cc2)c2nnnn2C(C)(C)CC)CC1. The Morgan fingerprint density at radius 3 is 2.44 bits per heavy atom. The van der Waals surface area contributed by atoms with Gasteiger partial charge in [-0.15, -0.1) is 11.7 Å². The fourth-order valence-corrected chi connectivity index (χ4v) is 3.50. The van der Waals surface area contributed by atoms with Gasteiger partial charge in [-0.1, -0.05) is 25.1 Å². The zero-order valence-electron chi connectivity index (χ0n) is 16.5. The molecule has 7 heteroatoms. The van der Waals surface area contributed by atoms with Crippen molar-refractivity contribution in [1.82, 2.24) is 30.0 Å². The lowest BCUT2D eigenvalue weighted by atomic mass is 9.99. The van der Waals surface area contributed by atoms with Crippen molar-refractivity contribution < 1.29 is 4.39 Å². The van der Waals surface area contributed by atoms with Crippen molar-refractivity contribution in [1.29, 1.82) is 0 Å². The van der Waals surface area contributed by atoms with E-state index in [0.717, 1.165) is 50.5 Å². The summed E-state index contributed by atoms with van der Waals surface area (Å²) in [5.41, 5.74) is 0.818. The minimum Gasteiger partial charge on any atom is -0.297 e. The first kappa shape index (κ1) is 19.6. The molecule has 0 aliphatic carbocycles. The van der Waals surface area contributed by atoms with Crippen molar-refractivity contribution in [2.45, 2.75) is 38.8 Å². The van der Waals surface area contributed by atoms with Crippen LogP contribution >= 0.6 is 0 Å². The fourth-order valence-electron chi connectivity index (χ4n) is 3.50. The molecule has 3 rings (SSSR count). The Kier molecular flexibility index (Phi) is 6.01. The molecule has 1 atom stereocenters. The largest absolute Gasteiger partial charge is 0.297 e. The Morgan fingerprint density at radius 1 is 1.19 bits per heavy atom. The van der Waals surface area contributed by atoms with Crippen molar-refractivity contribution in [3.63, 3.8) is 0 Å². The Labute approximate surface area is 160 Å². The molecule has 0 amide bonds. The molecule has 0 spiro atoms. The second-order valence-electron chi connectivity index (χ2n) is 7.69. The van der Waals surface area contributed by atoms with Crippen LogP contribution in [0.4, 0.5) is 4.39 Å². The Balaban J connectivity index is 1.96. The van der Waals surface area contributed by atoms with Gasteiger partial charge >= 0.3 is 0 Å². The van der Waals surface area contributed by atoms with E-state index in [4.69, 9.17) is 0 Å². The zero-order valence-corrected chi connectivity index (χ0v) is 16.5. The van der Waals surface area contributed by atoms with Gasteiger partial charge in [-0.25, -0.2) is 9.07 Å². The highest BCUT2D eigenvalue weighted by molar-refractivity contribution is 5.26. The molecule has 27 heavy (non-hydrogen) atoms. The Bertz CT molecular complexity index is 746. The van der Waals surface area contributed by atoms with E-state index in [2.05, 4.69) is 52.7 Å². The number of rotatable bonds is 7. The second kappa shape index (κ2) is 8.27. The molecule has 1 fully saturated rings. The summed E-state index contributed by atoms with van der Waals surface area (Å²) >= 11 is 0. The summed E-state index contributed by atoms with van der Waals surface area (Å²) in [4.78, 5) is 4.77. The monoisotopic (exact) mass is 372 g/mol. The van der Waals surface area contributed by atoms with Gasteiger partial charge in [0.25, 0.3) is 0 Å². The smallest absolute Gasteiger partial charge is 0.173 e. The molecule has 1 aromatic carbocycles. The van der Waals surface area contributed by atoms with Gasteiger partial charge < -0.3 is 0 Å². The van der Waals surface area contributed by atoms with Crippen LogP contribution in [-0.4, -0.2) is 62.7 Å². The first-order chi connectivity index (χ1) is 13.0. The molecule has 6 nitrogen and oxygen atoms in total. The maximum atomic E-state index is 13.5. The number of nitrogens with zero attached hydrogens (tertiary/aromatic N) is 6. The van der Waals surface area contributed by atoms with Gasteiger partial charge in [-0.3, -0.25) is 9.80 Å². The molecule has 1 aliphatic rings. The van der Waals surface area contributed by atoms with E-state index in [0.29, 0.717) is 0 Å². The molecule has 0 unspecified atom stereocenters. The molecule has 146 valence electrons. The summed E-state index contributed by atoms with van der Waals surface area (Å²) in [6.45, 7) is 14.9. The van der Waals surface area contributed by atoms with Crippen molar-refractivity contribution in [2.75, 3.05) is 32.7 Å². The molecule has 0 bridgehead atoms. The van der Waals surface area contributed by atoms with E-state index in [1.807, 2.05) is 22.9 Å². The number of halogens is 1. The normalized spacial score (nSPS) is 17.8. The summed E-state index contributed by atoms with van der Waals surface area (Å²) in [6, 6.07) is 6.60. The van der Waals surface area contributed by atoms with E-state index in [-0.39, 0.29) is 17.4 Å². The van der Waals surface area contributed by atoms with Crippen molar-refractivity contribution >= 4 is 0 Å².